The van der Waals surface area contributed by atoms with Gasteiger partial charge in [-0.25, -0.2) is 8.42 Å². The summed E-state index contributed by atoms with van der Waals surface area (Å²) in [5.41, 5.74) is 0.983. The molecule has 168 valence electrons. The molecule has 32 heavy (non-hydrogen) atoms. The van der Waals surface area contributed by atoms with Crippen molar-refractivity contribution in [2.24, 2.45) is 0 Å². The number of alkyl halides is 2. The van der Waals surface area contributed by atoms with Gasteiger partial charge >= 0.3 is 6.61 Å². The van der Waals surface area contributed by atoms with Gasteiger partial charge in [0.1, 0.15) is 11.5 Å². The SMILES string of the molecule is O=C(CN(Cc1ccco1)S(=O)(=O)/C=C/c1ccccc1)Nc1ccc(OC(F)F)cc1. The van der Waals surface area contributed by atoms with E-state index in [2.05, 4.69) is 10.1 Å². The molecule has 10 heteroatoms. The van der Waals surface area contributed by atoms with Crippen molar-refractivity contribution in [1.82, 2.24) is 4.31 Å². The number of carbonyl (C=O) groups is 1. The van der Waals surface area contributed by atoms with Crippen molar-refractivity contribution < 1.29 is 31.1 Å². The molecule has 0 aliphatic heterocycles. The van der Waals surface area contributed by atoms with Gasteiger partial charge in [-0.3, -0.25) is 4.79 Å². The number of ether oxygens (including phenoxy) is 1. The lowest BCUT2D eigenvalue weighted by Gasteiger charge is -2.19. The molecule has 1 heterocycles. The van der Waals surface area contributed by atoms with E-state index < -0.39 is 29.1 Å². The highest BCUT2D eigenvalue weighted by molar-refractivity contribution is 7.92. The van der Waals surface area contributed by atoms with Crippen LogP contribution in [0.25, 0.3) is 6.08 Å². The maximum Gasteiger partial charge on any atom is 0.387 e. The first kappa shape index (κ1) is 23.2. The molecule has 0 saturated heterocycles. The number of benzene rings is 2. The summed E-state index contributed by atoms with van der Waals surface area (Å²) in [5, 5.41) is 3.56. The molecule has 3 rings (SSSR count). The van der Waals surface area contributed by atoms with Gasteiger partial charge in [0.2, 0.25) is 15.9 Å². The third-order valence-corrected chi connectivity index (χ3v) is 5.65. The van der Waals surface area contributed by atoms with E-state index in [-0.39, 0.29) is 12.3 Å². The predicted octanol–water partition coefficient (Wildman–Crippen LogP) is 4.32. The third-order valence-electron chi connectivity index (χ3n) is 4.19. The van der Waals surface area contributed by atoms with Crippen molar-refractivity contribution in [2.75, 3.05) is 11.9 Å². The average molecular weight is 462 g/mol. The highest BCUT2D eigenvalue weighted by Crippen LogP contribution is 2.18. The van der Waals surface area contributed by atoms with Crippen molar-refractivity contribution in [3.8, 4) is 5.75 Å². The second-order valence-electron chi connectivity index (χ2n) is 6.56. The van der Waals surface area contributed by atoms with Crippen LogP contribution in [0.1, 0.15) is 11.3 Å². The fraction of sp³-hybridized carbons (Fsp3) is 0.136. The second-order valence-corrected chi connectivity index (χ2v) is 8.38. The topological polar surface area (TPSA) is 88.9 Å². The summed E-state index contributed by atoms with van der Waals surface area (Å²) in [6.45, 7) is -3.60. The van der Waals surface area contributed by atoms with Crippen LogP contribution in [0.5, 0.6) is 5.75 Å². The van der Waals surface area contributed by atoms with E-state index in [4.69, 9.17) is 4.42 Å². The van der Waals surface area contributed by atoms with E-state index in [1.807, 2.05) is 6.07 Å². The molecular formula is C22H20F2N2O5S. The summed E-state index contributed by atoms with van der Waals surface area (Å²) < 4.78 is 60.7. The smallest absolute Gasteiger partial charge is 0.387 e. The fourth-order valence-electron chi connectivity index (χ4n) is 2.71. The first-order valence-corrected chi connectivity index (χ1v) is 10.9. The molecule has 2 aromatic carbocycles. The molecule has 0 spiro atoms. The van der Waals surface area contributed by atoms with Crippen LogP contribution in [0.4, 0.5) is 14.5 Å². The van der Waals surface area contributed by atoms with Gasteiger partial charge < -0.3 is 14.5 Å². The quantitative estimate of drug-likeness (QED) is 0.485. The molecule has 1 amide bonds. The Labute approximate surface area is 184 Å². The number of halogens is 2. The number of amides is 1. The van der Waals surface area contributed by atoms with E-state index in [1.54, 1.807) is 36.4 Å². The number of hydrogen-bond acceptors (Lipinski definition) is 5. The largest absolute Gasteiger partial charge is 0.468 e. The van der Waals surface area contributed by atoms with Gasteiger partial charge in [-0.05, 0) is 48.0 Å². The van der Waals surface area contributed by atoms with Crippen LogP contribution in [0, 0.1) is 0 Å². The predicted molar refractivity (Wildman–Crippen MR) is 115 cm³/mol. The van der Waals surface area contributed by atoms with Crippen LogP contribution in [0.15, 0.2) is 82.8 Å². The van der Waals surface area contributed by atoms with Crippen molar-refractivity contribution in [3.05, 3.63) is 89.7 Å². The number of nitrogens with zero attached hydrogens (tertiary/aromatic N) is 1. The summed E-state index contributed by atoms with van der Waals surface area (Å²) in [7, 11) is -3.98. The monoisotopic (exact) mass is 462 g/mol. The minimum atomic E-state index is -3.98. The van der Waals surface area contributed by atoms with E-state index in [1.165, 1.54) is 36.6 Å². The summed E-state index contributed by atoms with van der Waals surface area (Å²) in [6, 6.07) is 17.3. The molecule has 3 aromatic rings. The molecule has 1 N–H and O–H groups in total. The minimum absolute atomic E-state index is 0.0638. The average Bonchev–Trinajstić information content (AvgIpc) is 3.27. The zero-order valence-corrected chi connectivity index (χ0v) is 17.5. The standard InChI is InChI=1S/C22H20F2N2O5S/c23-22(24)31-19-10-8-18(9-11-19)25-21(27)16-26(15-20-7-4-13-30-20)32(28,29)14-12-17-5-2-1-3-6-17/h1-14,22H,15-16H2,(H,25,27)/b14-12+. The van der Waals surface area contributed by atoms with Crippen LogP contribution in [0.2, 0.25) is 0 Å². The molecular weight excluding hydrogens is 442 g/mol. The van der Waals surface area contributed by atoms with Crippen LogP contribution < -0.4 is 10.1 Å². The normalized spacial score (nSPS) is 11.9. The highest BCUT2D eigenvalue weighted by Gasteiger charge is 2.24. The molecule has 1 aromatic heterocycles. The molecule has 0 aliphatic rings. The summed E-state index contributed by atoms with van der Waals surface area (Å²) >= 11 is 0. The van der Waals surface area contributed by atoms with Gasteiger partial charge in [0, 0.05) is 11.1 Å². The Balaban J connectivity index is 1.72. The fourth-order valence-corrected chi connectivity index (χ4v) is 3.81. The van der Waals surface area contributed by atoms with Crippen molar-refractivity contribution in [1.29, 1.82) is 0 Å². The van der Waals surface area contributed by atoms with Crippen LogP contribution in [-0.4, -0.2) is 31.8 Å². The van der Waals surface area contributed by atoms with Crippen molar-refractivity contribution >= 4 is 27.7 Å². The minimum Gasteiger partial charge on any atom is -0.468 e. The Morgan fingerprint density at radius 1 is 1.06 bits per heavy atom. The molecule has 0 radical (unpaired) electrons. The zero-order valence-electron chi connectivity index (χ0n) is 16.7. The van der Waals surface area contributed by atoms with Gasteiger partial charge in [-0.15, -0.1) is 0 Å². The van der Waals surface area contributed by atoms with E-state index >= 15 is 0 Å². The van der Waals surface area contributed by atoms with Crippen LogP contribution >= 0.6 is 0 Å². The number of nitrogens with one attached hydrogen (secondary N) is 1. The Bertz CT molecular complexity index is 1130. The number of carbonyl (C=O) groups excluding carboxylic acids is 1. The second kappa shape index (κ2) is 10.7. The first-order chi connectivity index (χ1) is 15.3. The van der Waals surface area contributed by atoms with Gasteiger partial charge in [-0.1, -0.05) is 30.3 Å². The molecule has 0 fully saturated rings. The lowest BCUT2D eigenvalue weighted by atomic mass is 10.2. The first-order valence-electron chi connectivity index (χ1n) is 9.42. The van der Waals surface area contributed by atoms with E-state index in [0.29, 0.717) is 17.0 Å². The van der Waals surface area contributed by atoms with E-state index in [9.17, 15) is 22.0 Å². The van der Waals surface area contributed by atoms with Crippen LogP contribution in [0.3, 0.4) is 0 Å². The molecule has 0 aliphatic carbocycles. The number of hydrogen-bond donors (Lipinski definition) is 1. The number of rotatable bonds is 10. The maximum atomic E-state index is 12.9. The van der Waals surface area contributed by atoms with Crippen LogP contribution in [-0.2, 0) is 21.4 Å². The highest BCUT2D eigenvalue weighted by atomic mass is 32.2. The summed E-state index contributed by atoms with van der Waals surface area (Å²) in [4.78, 5) is 12.5. The molecule has 0 bridgehead atoms. The van der Waals surface area contributed by atoms with Gasteiger partial charge in [0.25, 0.3) is 0 Å². The Kier molecular flexibility index (Phi) is 7.74. The molecule has 7 nitrogen and oxygen atoms in total. The van der Waals surface area contributed by atoms with Gasteiger partial charge in [0.15, 0.2) is 0 Å². The van der Waals surface area contributed by atoms with Gasteiger partial charge in [-0.2, -0.15) is 13.1 Å². The summed E-state index contributed by atoms with van der Waals surface area (Å²) in [5.74, 6) is -0.315. The van der Waals surface area contributed by atoms with Crippen molar-refractivity contribution in [3.63, 3.8) is 0 Å². The van der Waals surface area contributed by atoms with Crippen molar-refractivity contribution in [2.45, 2.75) is 13.2 Å². The number of anilines is 1. The molecule has 0 saturated carbocycles. The lowest BCUT2D eigenvalue weighted by Crippen LogP contribution is -2.36. The zero-order chi connectivity index (χ0) is 23.0. The Morgan fingerprint density at radius 2 is 1.78 bits per heavy atom. The Hall–Kier alpha value is -3.50. The van der Waals surface area contributed by atoms with Gasteiger partial charge in [0.05, 0.1) is 19.4 Å². The molecule has 0 atom stereocenters. The number of furan rings is 1. The molecule has 0 unspecified atom stereocenters. The third kappa shape index (κ3) is 7.03. The lowest BCUT2D eigenvalue weighted by molar-refractivity contribution is -0.116. The summed E-state index contributed by atoms with van der Waals surface area (Å²) in [6.07, 6.45) is 2.84. The maximum absolute atomic E-state index is 12.9. The Morgan fingerprint density at radius 3 is 2.41 bits per heavy atom. The number of sulfonamides is 1. The van der Waals surface area contributed by atoms with E-state index in [0.717, 1.165) is 9.71 Å².